The molecule has 19 heavy (non-hydrogen) atoms. The molecule has 0 bridgehead atoms. The number of benzene rings is 1. The number of aryl methyl sites for hydroxylation is 1. The summed E-state index contributed by atoms with van der Waals surface area (Å²) in [5.74, 6) is -2.15. The van der Waals surface area contributed by atoms with Crippen LogP contribution in [0.15, 0.2) is 24.3 Å². The van der Waals surface area contributed by atoms with Crippen LogP contribution in [0.3, 0.4) is 0 Å². The molecule has 106 valence electrons. The number of alkyl halides is 3. The lowest BCUT2D eigenvalue weighted by molar-refractivity contribution is -0.199. The molecule has 1 aromatic carbocycles. The number of hydrogen-bond donors (Lipinski definition) is 0. The van der Waals surface area contributed by atoms with Gasteiger partial charge in [-0.05, 0) is 31.5 Å². The summed E-state index contributed by atoms with van der Waals surface area (Å²) in [6.45, 7) is 4.36. The number of nitrogens with zero attached hydrogens (tertiary/aromatic N) is 1. The molecule has 0 aliphatic rings. The molecule has 0 N–H and O–H groups in total. The van der Waals surface area contributed by atoms with Crippen molar-refractivity contribution in [3.8, 4) is 0 Å². The van der Waals surface area contributed by atoms with Gasteiger partial charge in [0.2, 0.25) is 0 Å². The highest BCUT2D eigenvalue weighted by molar-refractivity contribution is 5.75. The lowest BCUT2D eigenvalue weighted by Crippen LogP contribution is -2.31. The molecule has 0 radical (unpaired) electrons. The fraction of sp³-hybridized carbons (Fsp3) is 0.462. The van der Waals surface area contributed by atoms with Gasteiger partial charge in [0.05, 0.1) is 6.54 Å². The standard InChI is InChI=1S/C13H16F3NO2/c1-3-17(11-6-4-5-10(2)9-11)7-8-19-12(18)13(14,15)16/h4-6,9H,3,7-8H2,1-2H3. The van der Waals surface area contributed by atoms with Crippen molar-refractivity contribution in [1.29, 1.82) is 0 Å². The maximum atomic E-state index is 11.9. The third kappa shape index (κ3) is 4.81. The van der Waals surface area contributed by atoms with Gasteiger partial charge in [-0.3, -0.25) is 0 Å². The molecule has 0 spiro atoms. The number of ether oxygens (including phenoxy) is 1. The van der Waals surface area contributed by atoms with Crippen molar-refractivity contribution in [3.63, 3.8) is 0 Å². The highest BCUT2D eigenvalue weighted by atomic mass is 19.4. The second-order valence-electron chi connectivity index (χ2n) is 4.05. The van der Waals surface area contributed by atoms with Gasteiger partial charge in [0.1, 0.15) is 6.61 Å². The molecule has 3 nitrogen and oxygen atoms in total. The third-order valence-electron chi connectivity index (χ3n) is 2.57. The Labute approximate surface area is 110 Å². The fourth-order valence-electron chi connectivity index (χ4n) is 1.62. The van der Waals surface area contributed by atoms with Crippen LogP contribution in [0.1, 0.15) is 12.5 Å². The average molecular weight is 275 g/mol. The van der Waals surface area contributed by atoms with Crippen LogP contribution in [0.5, 0.6) is 0 Å². The number of esters is 1. The van der Waals surface area contributed by atoms with Gasteiger partial charge in [-0.15, -0.1) is 0 Å². The number of carbonyl (C=O) groups is 1. The Morgan fingerprint density at radius 1 is 1.37 bits per heavy atom. The quantitative estimate of drug-likeness (QED) is 0.774. The molecule has 6 heteroatoms. The van der Waals surface area contributed by atoms with Gasteiger partial charge < -0.3 is 9.64 Å². The molecule has 0 unspecified atom stereocenters. The molecule has 0 fully saturated rings. The summed E-state index contributed by atoms with van der Waals surface area (Å²) in [6.07, 6.45) is -4.93. The summed E-state index contributed by atoms with van der Waals surface area (Å²) in [6, 6.07) is 7.59. The molecule has 1 rings (SSSR count). The molecule has 0 aromatic heterocycles. The van der Waals surface area contributed by atoms with Gasteiger partial charge in [0.15, 0.2) is 0 Å². The van der Waals surface area contributed by atoms with Crippen molar-refractivity contribution in [1.82, 2.24) is 0 Å². The Kier molecular flexibility index (Phi) is 5.20. The Morgan fingerprint density at radius 2 is 2.05 bits per heavy atom. The van der Waals surface area contributed by atoms with E-state index in [0.717, 1.165) is 11.3 Å². The zero-order valence-electron chi connectivity index (χ0n) is 10.8. The zero-order valence-corrected chi connectivity index (χ0v) is 10.8. The number of anilines is 1. The van der Waals surface area contributed by atoms with Gasteiger partial charge in [-0.25, -0.2) is 4.79 Å². The molecule has 1 aromatic rings. The van der Waals surface area contributed by atoms with E-state index in [4.69, 9.17) is 0 Å². The minimum atomic E-state index is -4.93. The Morgan fingerprint density at radius 3 is 2.58 bits per heavy atom. The van der Waals surface area contributed by atoms with Crippen LogP contribution in [0.2, 0.25) is 0 Å². The SMILES string of the molecule is CCN(CCOC(=O)C(F)(F)F)c1cccc(C)c1. The summed E-state index contributed by atoms with van der Waals surface area (Å²) in [5.41, 5.74) is 1.95. The van der Waals surface area contributed by atoms with Crippen molar-refractivity contribution in [2.45, 2.75) is 20.0 Å². The van der Waals surface area contributed by atoms with E-state index in [-0.39, 0.29) is 13.2 Å². The van der Waals surface area contributed by atoms with Crippen molar-refractivity contribution >= 4 is 11.7 Å². The Balaban J connectivity index is 2.53. The summed E-state index contributed by atoms with van der Waals surface area (Å²) in [5, 5.41) is 0. The fourth-order valence-corrected chi connectivity index (χ4v) is 1.62. The van der Waals surface area contributed by atoms with Gasteiger partial charge in [0.25, 0.3) is 0 Å². The number of hydrogen-bond acceptors (Lipinski definition) is 3. The molecular formula is C13H16F3NO2. The molecule has 0 atom stereocenters. The number of likely N-dealkylation sites (N-methyl/N-ethyl adjacent to an activating group) is 1. The topological polar surface area (TPSA) is 29.5 Å². The third-order valence-corrected chi connectivity index (χ3v) is 2.57. The first kappa shape index (κ1) is 15.3. The molecule has 0 heterocycles. The van der Waals surface area contributed by atoms with E-state index in [9.17, 15) is 18.0 Å². The monoisotopic (exact) mass is 275 g/mol. The molecule has 0 amide bonds. The molecule has 0 aliphatic heterocycles. The van der Waals surface area contributed by atoms with Crippen LogP contribution in [-0.2, 0) is 9.53 Å². The number of rotatable bonds is 5. The minimum Gasteiger partial charge on any atom is -0.457 e. The Bertz CT molecular complexity index is 432. The summed E-state index contributed by atoms with van der Waals surface area (Å²) in [4.78, 5) is 12.4. The van der Waals surface area contributed by atoms with Crippen LogP contribution in [-0.4, -0.2) is 31.8 Å². The second kappa shape index (κ2) is 6.45. The van der Waals surface area contributed by atoms with E-state index in [2.05, 4.69) is 4.74 Å². The van der Waals surface area contributed by atoms with E-state index in [1.807, 2.05) is 43.0 Å². The van der Waals surface area contributed by atoms with Gasteiger partial charge in [0, 0.05) is 12.2 Å². The minimum absolute atomic E-state index is 0.224. The predicted molar refractivity (Wildman–Crippen MR) is 66.1 cm³/mol. The molecule has 0 saturated heterocycles. The predicted octanol–water partition coefficient (Wildman–Crippen LogP) is 2.93. The smallest absolute Gasteiger partial charge is 0.457 e. The normalized spacial score (nSPS) is 11.2. The highest BCUT2D eigenvalue weighted by Crippen LogP contribution is 2.17. The van der Waals surface area contributed by atoms with E-state index in [1.54, 1.807) is 0 Å². The largest absolute Gasteiger partial charge is 0.490 e. The first-order valence-electron chi connectivity index (χ1n) is 5.90. The maximum Gasteiger partial charge on any atom is 0.490 e. The summed E-state index contributed by atoms with van der Waals surface area (Å²) >= 11 is 0. The van der Waals surface area contributed by atoms with Gasteiger partial charge >= 0.3 is 12.1 Å². The maximum absolute atomic E-state index is 11.9. The van der Waals surface area contributed by atoms with E-state index >= 15 is 0 Å². The zero-order chi connectivity index (χ0) is 14.5. The molecule has 0 saturated carbocycles. The van der Waals surface area contributed by atoms with Gasteiger partial charge in [-0.1, -0.05) is 12.1 Å². The number of carbonyl (C=O) groups excluding carboxylic acids is 1. The van der Waals surface area contributed by atoms with Crippen molar-refractivity contribution in [2.24, 2.45) is 0 Å². The lowest BCUT2D eigenvalue weighted by Gasteiger charge is -2.23. The average Bonchev–Trinajstić information content (AvgIpc) is 2.33. The van der Waals surface area contributed by atoms with E-state index in [1.165, 1.54) is 0 Å². The van der Waals surface area contributed by atoms with Crippen LogP contribution in [0.25, 0.3) is 0 Å². The summed E-state index contributed by atoms with van der Waals surface area (Å²) < 4.78 is 40.0. The van der Waals surface area contributed by atoms with Crippen LogP contribution < -0.4 is 4.90 Å². The van der Waals surface area contributed by atoms with Gasteiger partial charge in [-0.2, -0.15) is 13.2 Å². The van der Waals surface area contributed by atoms with Crippen LogP contribution in [0, 0.1) is 6.92 Å². The first-order valence-corrected chi connectivity index (χ1v) is 5.90. The van der Waals surface area contributed by atoms with E-state index < -0.39 is 12.1 Å². The lowest BCUT2D eigenvalue weighted by atomic mass is 10.2. The molecular weight excluding hydrogens is 259 g/mol. The first-order chi connectivity index (χ1) is 8.84. The highest BCUT2D eigenvalue weighted by Gasteiger charge is 2.40. The van der Waals surface area contributed by atoms with Crippen LogP contribution >= 0.6 is 0 Å². The van der Waals surface area contributed by atoms with Crippen LogP contribution in [0.4, 0.5) is 18.9 Å². The van der Waals surface area contributed by atoms with Crippen molar-refractivity contribution in [3.05, 3.63) is 29.8 Å². The van der Waals surface area contributed by atoms with E-state index in [0.29, 0.717) is 6.54 Å². The Hall–Kier alpha value is -1.72. The van der Waals surface area contributed by atoms with Crippen molar-refractivity contribution in [2.75, 3.05) is 24.6 Å². The van der Waals surface area contributed by atoms with Crippen molar-refractivity contribution < 1.29 is 22.7 Å². The summed E-state index contributed by atoms with van der Waals surface area (Å²) in [7, 11) is 0. The number of halogens is 3. The second-order valence-corrected chi connectivity index (χ2v) is 4.05. The molecule has 0 aliphatic carbocycles.